The van der Waals surface area contributed by atoms with E-state index in [0.717, 1.165) is 0 Å². The quantitative estimate of drug-likeness (QED) is 0.553. The summed E-state index contributed by atoms with van der Waals surface area (Å²) in [7, 11) is 1.51. The molecule has 2 aromatic carbocycles. The molecule has 0 bridgehead atoms. The van der Waals surface area contributed by atoms with Crippen molar-refractivity contribution in [1.29, 1.82) is 5.26 Å². The number of nitriles is 1. The van der Waals surface area contributed by atoms with Crippen LogP contribution in [0.25, 0.3) is 11.3 Å². The highest BCUT2D eigenvalue weighted by atomic mass is 19.4. The predicted octanol–water partition coefficient (Wildman–Crippen LogP) is 4.97. The number of ether oxygens (including phenoxy) is 1. The summed E-state index contributed by atoms with van der Waals surface area (Å²) in [6.07, 6.45) is -9.63. The minimum atomic E-state index is -4.84. The van der Waals surface area contributed by atoms with Gasteiger partial charge >= 0.3 is 12.4 Å². The molecule has 0 spiro atoms. The minimum absolute atomic E-state index is 0.0342. The molecule has 0 aliphatic heterocycles. The summed E-state index contributed by atoms with van der Waals surface area (Å²) in [5.41, 5.74) is -2.39. The standard InChI is InChI=1S/C19H12F6N4O/c1-29-27-16(9-26)17(28-29)11-3-2-4-14(8-11)30-10-12-7-13(18(20,21)22)5-6-15(12)19(23,24)25/h2-8H,10H2,1H3. The number of nitrogens with zero attached hydrogens (tertiary/aromatic N) is 4. The first kappa shape index (κ1) is 21.2. The first-order valence-corrected chi connectivity index (χ1v) is 8.31. The summed E-state index contributed by atoms with van der Waals surface area (Å²) in [4.78, 5) is 1.18. The summed E-state index contributed by atoms with van der Waals surface area (Å²) >= 11 is 0. The third kappa shape index (κ3) is 4.53. The second-order valence-corrected chi connectivity index (χ2v) is 6.18. The average molecular weight is 426 g/mol. The second-order valence-electron chi connectivity index (χ2n) is 6.18. The van der Waals surface area contributed by atoms with E-state index in [-0.39, 0.29) is 17.1 Å². The number of hydrogen-bond donors (Lipinski definition) is 0. The van der Waals surface area contributed by atoms with Gasteiger partial charge in [-0.25, -0.2) is 0 Å². The van der Waals surface area contributed by atoms with Gasteiger partial charge in [-0.05, 0) is 30.3 Å². The summed E-state index contributed by atoms with van der Waals surface area (Å²) in [5.74, 6) is 0.0904. The smallest absolute Gasteiger partial charge is 0.416 e. The fourth-order valence-electron chi connectivity index (χ4n) is 2.74. The molecule has 0 saturated carbocycles. The Balaban J connectivity index is 1.91. The molecule has 1 aromatic heterocycles. The lowest BCUT2D eigenvalue weighted by Gasteiger charge is -2.16. The molecule has 0 amide bonds. The van der Waals surface area contributed by atoms with E-state index in [1.807, 2.05) is 6.07 Å². The highest BCUT2D eigenvalue weighted by molar-refractivity contribution is 5.65. The molecule has 11 heteroatoms. The zero-order valence-corrected chi connectivity index (χ0v) is 15.2. The summed E-state index contributed by atoms with van der Waals surface area (Å²) in [6.45, 7) is -0.742. The fraction of sp³-hybridized carbons (Fsp3) is 0.211. The highest BCUT2D eigenvalue weighted by Crippen LogP contribution is 2.37. The van der Waals surface area contributed by atoms with Gasteiger partial charge in [-0.2, -0.15) is 41.5 Å². The van der Waals surface area contributed by atoms with Crippen molar-refractivity contribution in [1.82, 2.24) is 15.0 Å². The van der Waals surface area contributed by atoms with Crippen molar-refractivity contribution in [3.63, 3.8) is 0 Å². The molecular weight excluding hydrogens is 414 g/mol. The Labute approximate surface area is 166 Å². The van der Waals surface area contributed by atoms with Crippen LogP contribution in [0.5, 0.6) is 5.75 Å². The van der Waals surface area contributed by atoms with Crippen molar-refractivity contribution < 1.29 is 31.1 Å². The van der Waals surface area contributed by atoms with Crippen LogP contribution < -0.4 is 4.74 Å². The van der Waals surface area contributed by atoms with Gasteiger partial charge in [0.25, 0.3) is 0 Å². The van der Waals surface area contributed by atoms with E-state index in [1.165, 1.54) is 30.0 Å². The molecule has 3 rings (SSSR count). The van der Waals surface area contributed by atoms with Crippen LogP contribution in [0.2, 0.25) is 0 Å². The molecule has 5 nitrogen and oxygen atoms in total. The topological polar surface area (TPSA) is 63.7 Å². The van der Waals surface area contributed by atoms with Gasteiger partial charge in [-0.15, -0.1) is 5.10 Å². The lowest BCUT2D eigenvalue weighted by molar-refractivity contribution is -0.142. The molecule has 30 heavy (non-hydrogen) atoms. The molecule has 0 aliphatic carbocycles. The molecule has 0 saturated heterocycles. The summed E-state index contributed by atoms with van der Waals surface area (Å²) in [6, 6.07) is 8.98. The molecule has 1 heterocycles. The average Bonchev–Trinajstić information content (AvgIpc) is 3.06. The molecule has 0 fully saturated rings. The molecule has 0 atom stereocenters. The lowest BCUT2D eigenvalue weighted by Crippen LogP contribution is -2.14. The van der Waals surface area contributed by atoms with E-state index < -0.39 is 35.6 Å². The van der Waals surface area contributed by atoms with Crippen molar-refractivity contribution >= 4 is 0 Å². The molecule has 0 aliphatic rings. The Bertz CT molecular complexity index is 1110. The van der Waals surface area contributed by atoms with E-state index in [9.17, 15) is 26.3 Å². The van der Waals surface area contributed by atoms with Crippen LogP contribution in [0.15, 0.2) is 42.5 Å². The zero-order chi connectivity index (χ0) is 22.1. The van der Waals surface area contributed by atoms with Crippen molar-refractivity contribution in [3.8, 4) is 23.1 Å². The lowest BCUT2D eigenvalue weighted by atomic mass is 10.0. The monoisotopic (exact) mass is 426 g/mol. The van der Waals surface area contributed by atoms with Crippen LogP contribution in [0.4, 0.5) is 26.3 Å². The van der Waals surface area contributed by atoms with E-state index in [4.69, 9.17) is 10.00 Å². The molecular formula is C19H12F6N4O. The van der Waals surface area contributed by atoms with Gasteiger partial charge in [-0.1, -0.05) is 12.1 Å². The number of rotatable bonds is 4. The molecule has 156 valence electrons. The van der Waals surface area contributed by atoms with Gasteiger partial charge in [0.15, 0.2) is 5.69 Å². The maximum Gasteiger partial charge on any atom is 0.416 e. The molecule has 3 aromatic rings. The number of aromatic nitrogens is 3. The van der Waals surface area contributed by atoms with Crippen LogP contribution >= 0.6 is 0 Å². The SMILES string of the molecule is Cn1nc(C#N)c(-c2cccc(OCc3cc(C(F)(F)F)ccc3C(F)(F)F)c2)n1. The van der Waals surface area contributed by atoms with Crippen molar-refractivity contribution in [2.75, 3.05) is 0 Å². The first-order chi connectivity index (χ1) is 14.0. The summed E-state index contributed by atoms with van der Waals surface area (Å²) in [5, 5.41) is 17.0. The number of halogens is 6. The molecule has 0 N–H and O–H groups in total. The highest BCUT2D eigenvalue weighted by Gasteiger charge is 2.37. The van der Waals surface area contributed by atoms with E-state index in [2.05, 4.69) is 10.2 Å². The van der Waals surface area contributed by atoms with Crippen LogP contribution in [-0.2, 0) is 26.0 Å². The van der Waals surface area contributed by atoms with Crippen LogP contribution in [0.1, 0.15) is 22.4 Å². The van der Waals surface area contributed by atoms with E-state index >= 15 is 0 Å². The third-order valence-corrected chi connectivity index (χ3v) is 4.06. The summed E-state index contributed by atoms with van der Waals surface area (Å²) < 4.78 is 83.6. The first-order valence-electron chi connectivity index (χ1n) is 8.31. The van der Waals surface area contributed by atoms with Crippen molar-refractivity contribution in [3.05, 3.63) is 64.8 Å². The van der Waals surface area contributed by atoms with Gasteiger partial charge in [0, 0.05) is 18.2 Å². The zero-order valence-electron chi connectivity index (χ0n) is 15.2. The number of aryl methyl sites for hydroxylation is 1. The minimum Gasteiger partial charge on any atom is -0.489 e. The van der Waals surface area contributed by atoms with Gasteiger partial charge in [0.2, 0.25) is 0 Å². The van der Waals surface area contributed by atoms with Crippen LogP contribution in [-0.4, -0.2) is 15.0 Å². The molecule has 0 radical (unpaired) electrons. The van der Waals surface area contributed by atoms with Gasteiger partial charge < -0.3 is 4.74 Å². The van der Waals surface area contributed by atoms with Crippen LogP contribution in [0.3, 0.4) is 0 Å². The number of alkyl halides is 6. The number of benzene rings is 2. The third-order valence-electron chi connectivity index (χ3n) is 4.06. The second kappa shape index (κ2) is 7.70. The van der Waals surface area contributed by atoms with Gasteiger partial charge in [-0.3, -0.25) is 0 Å². The predicted molar refractivity (Wildman–Crippen MR) is 91.9 cm³/mol. The fourth-order valence-corrected chi connectivity index (χ4v) is 2.74. The maximum absolute atomic E-state index is 13.2. The molecule has 0 unspecified atom stereocenters. The van der Waals surface area contributed by atoms with Gasteiger partial charge in [0.1, 0.15) is 24.1 Å². The Hall–Kier alpha value is -3.55. The normalized spacial score (nSPS) is 11.9. The van der Waals surface area contributed by atoms with E-state index in [0.29, 0.717) is 23.8 Å². The van der Waals surface area contributed by atoms with Gasteiger partial charge in [0.05, 0.1) is 11.1 Å². The Kier molecular flexibility index (Phi) is 5.43. The maximum atomic E-state index is 13.2. The Morgan fingerprint density at radius 2 is 1.73 bits per heavy atom. The Morgan fingerprint density at radius 1 is 1.00 bits per heavy atom. The van der Waals surface area contributed by atoms with Crippen LogP contribution in [0, 0.1) is 11.3 Å². The van der Waals surface area contributed by atoms with Crippen molar-refractivity contribution in [2.24, 2.45) is 7.05 Å². The Morgan fingerprint density at radius 3 is 2.37 bits per heavy atom. The van der Waals surface area contributed by atoms with Crippen molar-refractivity contribution in [2.45, 2.75) is 19.0 Å². The largest absolute Gasteiger partial charge is 0.489 e. The van der Waals surface area contributed by atoms with E-state index in [1.54, 1.807) is 6.07 Å². The number of hydrogen-bond acceptors (Lipinski definition) is 4.